The number of rotatable bonds is 10. The number of carbonyl (C=O) groups is 2. The number of carbonyl (C=O) groups excluding carboxylic acids is 2. The van der Waals surface area contributed by atoms with Crippen LogP contribution in [0.25, 0.3) is 0 Å². The molecule has 3 rings (SSSR count). The van der Waals surface area contributed by atoms with Gasteiger partial charge < -0.3 is 15.4 Å². The van der Waals surface area contributed by atoms with Crippen LogP contribution in [0.3, 0.4) is 0 Å². The minimum Gasteiger partial charge on any atom is -0.424 e. The lowest BCUT2D eigenvalue weighted by Gasteiger charge is -2.19. The minimum absolute atomic E-state index is 0.108. The Kier molecular flexibility index (Phi) is 8.52. The van der Waals surface area contributed by atoms with Gasteiger partial charge in [0.05, 0.1) is 4.92 Å². The van der Waals surface area contributed by atoms with Crippen LogP contribution < -0.4 is 15.4 Å². The first-order valence-electron chi connectivity index (χ1n) is 10.3. The van der Waals surface area contributed by atoms with Gasteiger partial charge in [0.15, 0.2) is 0 Å². The molecule has 11 heteroatoms. The zero-order valence-corrected chi connectivity index (χ0v) is 19.4. The lowest BCUT2D eigenvalue weighted by atomic mass is 10.1. The number of nitro benzene ring substituents is 1. The molecular formula is C23H23N5O5S. The molecule has 2 aromatic carbocycles. The number of nitrogens with zero attached hydrogens (tertiary/aromatic N) is 3. The number of aromatic nitrogens is 2. The summed E-state index contributed by atoms with van der Waals surface area (Å²) in [5.41, 5.74) is 1.22. The molecule has 0 radical (unpaired) electrons. The van der Waals surface area contributed by atoms with E-state index < -0.39 is 22.8 Å². The Balaban J connectivity index is 1.70. The van der Waals surface area contributed by atoms with Crippen molar-refractivity contribution in [3.05, 3.63) is 82.2 Å². The van der Waals surface area contributed by atoms with Crippen LogP contribution in [-0.4, -0.2) is 44.8 Å². The molecule has 0 aliphatic rings. The van der Waals surface area contributed by atoms with Gasteiger partial charge in [-0.1, -0.05) is 6.07 Å². The zero-order valence-electron chi connectivity index (χ0n) is 18.6. The summed E-state index contributed by atoms with van der Waals surface area (Å²) in [6, 6.07) is 11.5. The summed E-state index contributed by atoms with van der Waals surface area (Å²) < 4.78 is 5.61. The quantitative estimate of drug-likeness (QED) is 0.328. The highest BCUT2D eigenvalue weighted by Gasteiger charge is 2.23. The van der Waals surface area contributed by atoms with Gasteiger partial charge in [0.2, 0.25) is 5.91 Å². The van der Waals surface area contributed by atoms with Crippen LogP contribution in [0, 0.1) is 17.0 Å². The first-order chi connectivity index (χ1) is 16.4. The molecule has 1 atom stereocenters. The van der Waals surface area contributed by atoms with Gasteiger partial charge in [0.1, 0.15) is 11.8 Å². The molecule has 1 aromatic heterocycles. The molecule has 0 saturated carbocycles. The normalized spacial score (nSPS) is 11.4. The summed E-state index contributed by atoms with van der Waals surface area (Å²) in [5.74, 6) is 0.194. The van der Waals surface area contributed by atoms with E-state index >= 15 is 0 Å². The lowest BCUT2D eigenvalue weighted by molar-refractivity contribution is -0.384. The van der Waals surface area contributed by atoms with Crippen molar-refractivity contribution >= 4 is 35.0 Å². The van der Waals surface area contributed by atoms with Crippen LogP contribution in [0.1, 0.15) is 22.3 Å². The summed E-state index contributed by atoms with van der Waals surface area (Å²) in [4.78, 5) is 44.1. The standard InChI is InChI=1S/C23H23N5O5S/c1-15-13-18(33-23-24-10-4-11-25-23)7-8-19(15)26-22(30)20(9-12-34-2)27-21(29)16-5-3-6-17(14-16)28(31)32/h3-8,10-11,13-14,20H,9,12H2,1-2H3,(H,26,30)(H,27,29). The highest BCUT2D eigenvalue weighted by molar-refractivity contribution is 7.98. The van der Waals surface area contributed by atoms with Gasteiger partial charge in [-0.05, 0) is 61.2 Å². The first kappa shape index (κ1) is 24.6. The molecule has 1 heterocycles. The minimum atomic E-state index is -0.827. The number of amides is 2. The molecule has 2 amide bonds. The number of thioether (sulfide) groups is 1. The van der Waals surface area contributed by atoms with Crippen molar-refractivity contribution in [1.82, 2.24) is 15.3 Å². The molecule has 2 N–H and O–H groups in total. The van der Waals surface area contributed by atoms with E-state index in [2.05, 4.69) is 20.6 Å². The van der Waals surface area contributed by atoms with Crippen molar-refractivity contribution in [3.63, 3.8) is 0 Å². The molecule has 34 heavy (non-hydrogen) atoms. The highest BCUT2D eigenvalue weighted by atomic mass is 32.2. The summed E-state index contributed by atoms with van der Waals surface area (Å²) >= 11 is 1.54. The van der Waals surface area contributed by atoms with E-state index in [0.717, 1.165) is 5.56 Å². The number of non-ortho nitro benzene ring substituents is 1. The third kappa shape index (κ3) is 6.75. The van der Waals surface area contributed by atoms with E-state index in [1.54, 1.807) is 36.7 Å². The third-order valence-corrected chi connectivity index (χ3v) is 5.40. The third-order valence-electron chi connectivity index (χ3n) is 4.76. The van der Waals surface area contributed by atoms with Crippen LogP contribution in [0.5, 0.6) is 11.8 Å². The van der Waals surface area contributed by atoms with Crippen molar-refractivity contribution in [2.75, 3.05) is 17.3 Å². The largest absolute Gasteiger partial charge is 0.424 e. The zero-order chi connectivity index (χ0) is 24.5. The molecule has 0 spiro atoms. The van der Waals surface area contributed by atoms with Gasteiger partial charge in [-0.3, -0.25) is 19.7 Å². The number of nitro groups is 1. The Morgan fingerprint density at radius 1 is 1.15 bits per heavy atom. The molecule has 0 saturated heterocycles. The summed E-state index contributed by atoms with van der Waals surface area (Å²) in [6.45, 7) is 1.81. The first-order valence-corrected chi connectivity index (χ1v) is 11.7. The number of aryl methyl sites for hydroxylation is 1. The molecule has 0 aliphatic heterocycles. The Hall–Kier alpha value is -3.99. The molecule has 3 aromatic rings. The van der Waals surface area contributed by atoms with Crippen molar-refractivity contribution in [3.8, 4) is 11.8 Å². The predicted octanol–water partition coefficient (Wildman–Crippen LogP) is 3.98. The molecule has 0 fully saturated rings. The van der Waals surface area contributed by atoms with Crippen LogP contribution in [0.15, 0.2) is 60.9 Å². The van der Waals surface area contributed by atoms with E-state index in [4.69, 9.17) is 4.74 Å². The fourth-order valence-corrected chi connectivity index (χ4v) is 3.48. The average molecular weight is 482 g/mol. The van der Waals surface area contributed by atoms with Gasteiger partial charge in [-0.2, -0.15) is 11.8 Å². The summed E-state index contributed by atoms with van der Waals surface area (Å²) in [7, 11) is 0. The second-order valence-electron chi connectivity index (χ2n) is 7.21. The van der Waals surface area contributed by atoms with Gasteiger partial charge in [-0.25, -0.2) is 9.97 Å². The lowest BCUT2D eigenvalue weighted by Crippen LogP contribution is -2.44. The van der Waals surface area contributed by atoms with E-state index in [1.807, 2.05) is 13.2 Å². The number of hydrogen-bond acceptors (Lipinski definition) is 8. The van der Waals surface area contributed by atoms with Crippen molar-refractivity contribution in [1.29, 1.82) is 0 Å². The molecular weight excluding hydrogens is 458 g/mol. The Bertz CT molecular complexity index is 1180. The average Bonchev–Trinajstić information content (AvgIpc) is 2.84. The SMILES string of the molecule is CSCCC(NC(=O)c1cccc([N+](=O)[O-])c1)C(=O)Nc1ccc(Oc2ncccn2)cc1C. The topological polar surface area (TPSA) is 136 Å². The number of ether oxygens (including phenoxy) is 1. The Morgan fingerprint density at radius 2 is 1.91 bits per heavy atom. The Morgan fingerprint density at radius 3 is 2.59 bits per heavy atom. The second-order valence-corrected chi connectivity index (χ2v) is 8.20. The van der Waals surface area contributed by atoms with E-state index in [9.17, 15) is 19.7 Å². The second kappa shape index (κ2) is 11.8. The van der Waals surface area contributed by atoms with Gasteiger partial charge >= 0.3 is 6.01 Å². The predicted molar refractivity (Wildman–Crippen MR) is 129 cm³/mol. The van der Waals surface area contributed by atoms with Crippen LogP contribution in [0.4, 0.5) is 11.4 Å². The fraction of sp³-hybridized carbons (Fsp3) is 0.217. The van der Waals surface area contributed by atoms with Gasteiger partial charge in [-0.15, -0.1) is 0 Å². The maximum atomic E-state index is 13.0. The van der Waals surface area contributed by atoms with E-state index in [1.165, 1.54) is 36.0 Å². The molecule has 0 bridgehead atoms. The fourth-order valence-electron chi connectivity index (χ4n) is 3.01. The maximum absolute atomic E-state index is 13.0. The molecule has 1 unspecified atom stereocenters. The van der Waals surface area contributed by atoms with Gasteiger partial charge in [0.25, 0.3) is 11.6 Å². The molecule has 10 nitrogen and oxygen atoms in total. The van der Waals surface area contributed by atoms with Gasteiger partial charge in [0, 0.05) is 35.8 Å². The van der Waals surface area contributed by atoms with Crippen molar-refractivity contribution in [2.24, 2.45) is 0 Å². The van der Waals surface area contributed by atoms with Crippen molar-refractivity contribution < 1.29 is 19.2 Å². The Labute approximate surface area is 200 Å². The van der Waals surface area contributed by atoms with E-state index in [-0.39, 0.29) is 17.3 Å². The number of benzene rings is 2. The number of nitrogens with one attached hydrogen (secondary N) is 2. The van der Waals surface area contributed by atoms with Crippen LogP contribution in [0.2, 0.25) is 0 Å². The highest BCUT2D eigenvalue weighted by Crippen LogP contribution is 2.24. The van der Waals surface area contributed by atoms with E-state index in [0.29, 0.717) is 23.6 Å². The smallest absolute Gasteiger partial charge is 0.321 e. The molecule has 0 aliphatic carbocycles. The van der Waals surface area contributed by atoms with Crippen LogP contribution >= 0.6 is 11.8 Å². The number of anilines is 1. The summed E-state index contributed by atoms with van der Waals surface area (Å²) in [6.07, 6.45) is 5.43. The molecule has 176 valence electrons. The maximum Gasteiger partial charge on any atom is 0.321 e. The van der Waals surface area contributed by atoms with Crippen molar-refractivity contribution in [2.45, 2.75) is 19.4 Å². The number of hydrogen-bond donors (Lipinski definition) is 2. The summed E-state index contributed by atoms with van der Waals surface area (Å²) in [5, 5.41) is 16.5. The monoisotopic (exact) mass is 481 g/mol. The van der Waals surface area contributed by atoms with Crippen LogP contribution in [-0.2, 0) is 4.79 Å².